The minimum Gasteiger partial charge on any atom is -0.326 e. The van der Waals surface area contributed by atoms with Gasteiger partial charge in [0.15, 0.2) is 5.03 Å². The van der Waals surface area contributed by atoms with E-state index in [2.05, 4.69) is 10.3 Å². The van der Waals surface area contributed by atoms with E-state index in [0.717, 1.165) is 44.6 Å². The summed E-state index contributed by atoms with van der Waals surface area (Å²) in [5, 5.41) is 7.33. The quantitative estimate of drug-likeness (QED) is 0.753. The molecule has 0 aromatic carbocycles. The molecule has 2 atom stereocenters. The first-order valence-electron chi connectivity index (χ1n) is 10.3. The number of nitrogens with one attached hydrogen (secondary N) is 1. The van der Waals surface area contributed by atoms with Crippen LogP contribution in [0.4, 0.5) is 14.5 Å². The molecule has 2 aliphatic rings. The third kappa shape index (κ3) is 5.94. The monoisotopic (exact) mass is 429 g/mol. The highest BCUT2D eigenvalue weighted by molar-refractivity contribution is 7.89. The van der Waals surface area contributed by atoms with Crippen LogP contribution in [0.25, 0.3) is 0 Å². The third-order valence-corrected chi connectivity index (χ3v) is 7.07. The van der Waals surface area contributed by atoms with Crippen molar-refractivity contribution in [3.63, 3.8) is 0 Å². The predicted octanol–water partition coefficient (Wildman–Crippen LogP) is 4.08. The summed E-state index contributed by atoms with van der Waals surface area (Å²) in [5.74, 6) is -3.94. The molecule has 9 heteroatoms. The Hall–Kier alpha value is -1.61. The van der Waals surface area contributed by atoms with Crippen molar-refractivity contribution in [2.75, 3.05) is 5.32 Å². The van der Waals surface area contributed by atoms with Gasteiger partial charge in [-0.2, -0.15) is 0 Å². The molecule has 0 spiro atoms. The van der Waals surface area contributed by atoms with Crippen molar-refractivity contribution >= 4 is 21.6 Å². The molecule has 2 saturated carbocycles. The first-order valence-corrected chi connectivity index (χ1v) is 11.9. The first-order chi connectivity index (χ1) is 13.7. The lowest BCUT2D eigenvalue weighted by molar-refractivity contribution is -0.134. The highest BCUT2D eigenvalue weighted by Gasteiger charge is 2.46. The van der Waals surface area contributed by atoms with Crippen molar-refractivity contribution in [1.82, 2.24) is 4.98 Å². The number of alkyl halides is 2. The summed E-state index contributed by atoms with van der Waals surface area (Å²) < 4.78 is 51.3. The number of nitrogens with two attached hydrogens (primary N) is 1. The lowest BCUT2D eigenvalue weighted by Crippen LogP contribution is -2.42. The molecule has 162 valence electrons. The van der Waals surface area contributed by atoms with E-state index in [0.29, 0.717) is 6.42 Å². The molecular weight excluding hydrogens is 400 g/mol. The van der Waals surface area contributed by atoms with Crippen molar-refractivity contribution in [1.29, 1.82) is 0 Å². The Labute approximate surface area is 170 Å². The summed E-state index contributed by atoms with van der Waals surface area (Å²) in [5.41, 5.74) is 0.194. The number of rotatable bonds is 4. The number of carbonyl (C=O) groups is 1. The Morgan fingerprint density at radius 2 is 1.79 bits per heavy atom. The number of primary sulfonamides is 1. The standard InChI is InChI=1S/C20H29F2N3O3S/c21-20(22)10-8-16(14-6-4-2-1-3-5-7-14)17(13-20)19(26)25-15-9-11-24-18(12-15)29(23,27)28/h9,11-12,14,16-17H,1-8,10,13H2,(H2,23,27,28)(H,24,25,26). The summed E-state index contributed by atoms with van der Waals surface area (Å²) in [6, 6.07) is 2.58. The van der Waals surface area contributed by atoms with Gasteiger partial charge in [-0.3, -0.25) is 4.79 Å². The molecule has 0 radical (unpaired) electrons. The van der Waals surface area contributed by atoms with Crippen LogP contribution in [-0.2, 0) is 14.8 Å². The highest BCUT2D eigenvalue weighted by atomic mass is 32.2. The molecule has 0 aliphatic heterocycles. The van der Waals surface area contributed by atoms with Crippen LogP contribution in [-0.4, -0.2) is 25.2 Å². The average Bonchev–Trinajstić information content (AvgIpc) is 2.61. The van der Waals surface area contributed by atoms with E-state index in [9.17, 15) is 22.0 Å². The maximum Gasteiger partial charge on any atom is 0.255 e. The van der Waals surface area contributed by atoms with E-state index in [4.69, 9.17) is 5.14 Å². The van der Waals surface area contributed by atoms with Crippen LogP contribution in [0.2, 0.25) is 0 Å². The van der Waals surface area contributed by atoms with E-state index >= 15 is 0 Å². The second-order valence-corrected chi connectivity index (χ2v) is 9.90. The largest absolute Gasteiger partial charge is 0.326 e. The van der Waals surface area contributed by atoms with Crippen LogP contribution in [0.5, 0.6) is 0 Å². The first kappa shape index (κ1) is 22.1. The van der Waals surface area contributed by atoms with Gasteiger partial charge in [0.25, 0.3) is 10.0 Å². The van der Waals surface area contributed by atoms with E-state index in [1.54, 1.807) is 0 Å². The average molecular weight is 430 g/mol. The second kappa shape index (κ2) is 9.04. The molecule has 0 bridgehead atoms. The minimum absolute atomic E-state index is 0.0766. The van der Waals surface area contributed by atoms with E-state index < -0.39 is 34.2 Å². The fourth-order valence-electron chi connectivity index (χ4n) is 4.80. The zero-order valence-electron chi connectivity index (χ0n) is 16.4. The zero-order valence-corrected chi connectivity index (χ0v) is 17.3. The molecule has 2 aliphatic carbocycles. The molecule has 1 aromatic rings. The van der Waals surface area contributed by atoms with Gasteiger partial charge in [0.2, 0.25) is 11.8 Å². The van der Waals surface area contributed by atoms with Crippen molar-refractivity contribution in [3.8, 4) is 0 Å². The number of carbonyl (C=O) groups excluding carboxylic acids is 1. The number of anilines is 1. The number of hydrogen-bond acceptors (Lipinski definition) is 4. The molecule has 0 saturated heterocycles. The molecule has 6 nitrogen and oxygen atoms in total. The van der Waals surface area contributed by atoms with Gasteiger partial charge in [-0.05, 0) is 24.3 Å². The third-order valence-electron chi connectivity index (χ3n) is 6.26. The van der Waals surface area contributed by atoms with Crippen molar-refractivity contribution in [2.24, 2.45) is 22.9 Å². The second-order valence-electron chi connectivity index (χ2n) is 8.39. The van der Waals surface area contributed by atoms with Crippen LogP contribution in [0.1, 0.15) is 64.2 Å². The Kier molecular flexibility index (Phi) is 6.88. The number of aromatic nitrogens is 1. The summed E-state index contributed by atoms with van der Waals surface area (Å²) in [6.07, 6.45) is 8.56. The number of halogens is 2. The molecule has 3 N–H and O–H groups in total. The summed E-state index contributed by atoms with van der Waals surface area (Å²) in [7, 11) is -4.02. The van der Waals surface area contributed by atoms with Crippen LogP contribution >= 0.6 is 0 Å². The Balaban J connectivity index is 1.78. The van der Waals surface area contributed by atoms with E-state index in [-0.39, 0.29) is 29.0 Å². The summed E-state index contributed by atoms with van der Waals surface area (Å²) >= 11 is 0. The number of hydrogen-bond donors (Lipinski definition) is 2. The van der Waals surface area contributed by atoms with Gasteiger partial charge in [-0.1, -0.05) is 44.9 Å². The molecule has 1 aromatic heterocycles. The van der Waals surface area contributed by atoms with Crippen LogP contribution in [0, 0.1) is 17.8 Å². The molecule has 1 heterocycles. The number of sulfonamides is 1. The van der Waals surface area contributed by atoms with Gasteiger partial charge < -0.3 is 5.32 Å². The SMILES string of the molecule is NS(=O)(=O)c1cc(NC(=O)C2CC(F)(F)CCC2C2CCCCCCC2)ccn1. The zero-order chi connectivity index (χ0) is 21.1. The summed E-state index contributed by atoms with van der Waals surface area (Å²) in [4.78, 5) is 16.7. The van der Waals surface area contributed by atoms with Gasteiger partial charge in [-0.25, -0.2) is 27.3 Å². The van der Waals surface area contributed by atoms with Crippen molar-refractivity contribution in [3.05, 3.63) is 18.3 Å². The number of pyridine rings is 1. The van der Waals surface area contributed by atoms with Gasteiger partial charge in [0.1, 0.15) is 0 Å². The lowest BCUT2D eigenvalue weighted by atomic mass is 9.67. The van der Waals surface area contributed by atoms with Gasteiger partial charge >= 0.3 is 0 Å². The molecule has 29 heavy (non-hydrogen) atoms. The van der Waals surface area contributed by atoms with E-state index in [1.807, 2.05) is 0 Å². The summed E-state index contributed by atoms with van der Waals surface area (Å²) in [6.45, 7) is 0. The minimum atomic E-state index is -4.02. The fourth-order valence-corrected chi connectivity index (χ4v) is 5.30. The molecule has 3 rings (SSSR count). The Bertz CT molecular complexity index is 824. The number of amides is 1. The molecule has 2 fully saturated rings. The van der Waals surface area contributed by atoms with E-state index in [1.165, 1.54) is 18.7 Å². The van der Waals surface area contributed by atoms with Gasteiger partial charge in [-0.15, -0.1) is 0 Å². The van der Waals surface area contributed by atoms with Gasteiger partial charge in [0.05, 0.1) is 0 Å². The maximum atomic E-state index is 14.2. The number of nitrogens with zero attached hydrogens (tertiary/aromatic N) is 1. The fraction of sp³-hybridized carbons (Fsp3) is 0.700. The normalized spacial score (nSPS) is 26.3. The smallest absolute Gasteiger partial charge is 0.255 e. The predicted molar refractivity (Wildman–Crippen MR) is 106 cm³/mol. The van der Waals surface area contributed by atoms with Crippen LogP contribution in [0.15, 0.2) is 23.4 Å². The van der Waals surface area contributed by atoms with Crippen LogP contribution in [0.3, 0.4) is 0 Å². The highest BCUT2D eigenvalue weighted by Crippen LogP contribution is 2.46. The Morgan fingerprint density at radius 3 is 2.45 bits per heavy atom. The van der Waals surface area contributed by atoms with Crippen molar-refractivity contribution in [2.45, 2.75) is 75.2 Å². The van der Waals surface area contributed by atoms with Crippen LogP contribution < -0.4 is 10.5 Å². The lowest BCUT2D eigenvalue weighted by Gasteiger charge is -2.40. The molecular formula is C20H29F2N3O3S. The van der Waals surface area contributed by atoms with Crippen molar-refractivity contribution < 1.29 is 22.0 Å². The van der Waals surface area contributed by atoms with Gasteiger partial charge in [0, 0.05) is 36.7 Å². The molecule has 1 amide bonds. The molecule has 2 unspecified atom stereocenters. The maximum absolute atomic E-state index is 14.2. The topological polar surface area (TPSA) is 102 Å². The Morgan fingerprint density at radius 1 is 1.14 bits per heavy atom.